The number of pyridine rings is 1. The van der Waals surface area contributed by atoms with Crippen LogP contribution in [0.1, 0.15) is 36.0 Å². The number of aromatic amines is 1. The summed E-state index contributed by atoms with van der Waals surface area (Å²) in [5.41, 5.74) is -0.263. The molecule has 0 bridgehead atoms. The van der Waals surface area contributed by atoms with Crippen LogP contribution in [0.5, 0.6) is 0 Å². The van der Waals surface area contributed by atoms with Gasteiger partial charge in [0.2, 0.25) is 5.56 Å². The molecule has 2 atom stereocenters. The van der Waals surface area contributed by atoms with Crippen LogP contribution in [0, 0.1) is 0 Å². The number of esters is 1. The Morgan fingerprint density at radius 2 is 2.00 bits per heavy atom. The maximum absolute atomic E-state index is 12.0. The van der Waals surface area contributed by atoms with Crippen LogP contribution < -0.4 is 5.56 Å². The number of carbonyl (C=O) groups excluding carboxylic acids is 1. The number of ether oxygens (including phenoxy) is 2. The highest BCUT2D eigenvalue weighted by Crippen LogP contribution is 2.24. The van der Waals surface area contributed by atoms with Crippen molar-refractivity contribution in [3.05, 3.63) is 33.2 Å². The quantitative estimate of drug-likeness (QED) is 0.682. The number of H-pyrrole nitrogens is 1. The lowest BCUT2D eigenvalue weighted by molar-refractivity contribution is -0.0539. The van der Waals surface area contributed by atoms with Crippen LogP contribution in [0.15, 0.2) is 16.9 Å². The van der Waals surface area contributed by atoms with E-state index in [0.29, 0.717) is 0 Å². The highest BCUT2D eigenvalue weighted by atomic mass is 35.5. The minimum absolute atomic E-state index is 0.0739. The molecule has 2 rings (SSSR count). The third-order valence-corrected chi connectivity index (χ3v) is 3.45. The van der Waals surface area contributed by atoms with E-state index in [1.807, 2.05) is 0 Å². The fourth-order valence-corrected chi connectivity index (χ4v) is 2.51. The van der Waals surface area contributed by atoms with Crippen molar-refractivity contribution in [2.75, 3.05) is 7.11 Å². The smallest absolute Gasteiger partial charge is 0.338 e. The van der Waals surface area contributed by atoms with Crippen LogP contribution in [0.25, 0.3) is 0 Å². The molecule has 6 heteroatoms. The van der Waals surface area contributed by atoms with Gasteiger partial charge in [0.05, 0.1) is 11.7 Å². The van der Waals surface area contributed by atoms with Crippen molar-refractivity contribution in [3.8, 4) is 0 Å². The Morgan fingerprint density at radius 3 is 2.63 bits per heavy atom. The van der Waals surface area contributed by atoms with Gasteiger partial charge < -0.3 is 14.5 Å². The third kappa shape index (κ3) is 3.58. The van der Waals surface area contributed by atoms with Gasteiger partial charge in [0.1, 0.15) is 11.3 Å². The summed E-state index contributed by atoms with van der Waals surface area (Å²) >= 11 is 5.70. The number of hydrogen-bond donors (Lipinski definition) is 1. The van der Waals surface area contributed by atoms with E-state index in [9.17, 15) is 9.59 Å². The molecule has 0 aliphatic heterocycles. The first-order valence-electron chi connectivity index (χ1n) is 6.24. The van der Waals surface area contributed by atoms with Crippen molar-refractivity contribution in [3.63, 3.8) is 0 Å². The molecule has 1 aromatic rings. The van der Waals surface area contributed by atoms with Gasteiger partial charge in [-0.15, -0.1) is 0 Å². The van der Waals surface area contributed by atoms with E-state index in [1.165, 1.54) is 12.1 Å². The standard InChI is InChI=1S/C13H16ClNO4/c1-18-9-4-2-3-5-10(9)19-13(17)8-6-11(14)15-12(16)7-8/h6-7,9-10H,2-5H2,1H3,(H,15,16)/t9-,10-/m0/s1. The Balaban J connectivity index is 2.09. The predicted octanol–water partition coefficient (Wildman–Crippen LogP) is 2.14. The summed E-state index contributed by atoms with van der Waals surface area (Å²) in [5, 5.41) is 0.117. The van der Waals surface area contributed by atoms with Crippen molar-refractivity contribution in [2.45, 2.75) is 37.9 Å². The number of nitrogens with one attached hydrogen (secondary N) is 1. The molecule has 1 aliphatic rings. The van der Waals surface area contributed by atoms with E-state index in [-0.39, 0.29) is 22.9 Å². The Kier molecular flexibility index (Phi) is 4.61. The fraction of sp³-hybridized carbons (Fsp3) is 0.538. The van der Waals surface area contributed by atoms with Gasteiger partial charge in [0.25, 0.3) is 0 Å². The Morgan fingerprint density at radius 1 is 1.32 bits per heavy atom. The predicted molar refractivity (Wildman–Crippen MR) is 70.5 cm³/mol. The van der Waals surface area contributed by atoms with Crippen molar-refractivity contribution in [2.24, 2.45) is 0 Å². The molecule has 1 fully saturated rings. The lowest BCUT2D eigenvalue weighted by atomic mass is 9.94. The lowest BCUT2D eigenvalue weighted by Gasteiger charge is -2.29. The molecule has 0 unspecified atom stereocenters. The van der Waals surface area contributed by atoms with E-state index >= 15 is 0 Å². The van der Waals surface area contributed by atoms with Crippen molar-refractivity contribution < 1.29 is 14.3 Å². The summed E-state index contributed by atoms with van der Waals surface area (Å²) in [6, 6.07) is 2.56. The third-order valence-electron chi connectivity index (χ3n) is 3.25. The molecule has 1 heterocycles. The highest BCUT2D eigenvalue weighted by molar-refractivity contribution is 6.29. The Hall–Kier alpha value is -1.33. The average Bonchev–Trinajstić information content (AvgIpc) is 2.38. The number of carbonyl (C=O) groups is 1. The minimum Gasteiger partial charge on any atom is -0.456 e. The van der Waals surface area contributed by atoms with Crippen molar-refractivity contribution >= 4 is 17.6 Å². The van der Waals surface area contributed by atoms with Crippen LogP contribution in [0.2, 0.25) is 5.15 Å². The first-order valence-corrected chi connectivity index (χ1v) is 6.61. The number of aromatic nitrogens is 1. The van der Waals surface area contributed by atoms with Crippen LogP contribution in [0.4, 0.5) is 0 Å². The zero-order chi connectivity index (χ0) is 13.8. The lowest BCUT2D eigenvalue weighted by Crippen LogP contribution is -2.35. The molecular weight excluding hydrogens is 270 g/mol. The summed E-state index contributed by atoms with van der Waals surface area (Å²) in [6.45, 7) is 0. The molecule has 1 N–H and O–H groups in total. The van der Waals surface area contributed by atoms with Crippen LogP contribution in [-0.2, 0) is 9.47 Å². The van der Waals surface area contributed by atoms with E-state index in [0.717, 1.165) is 25.7 Å². The second-order valence-corrected chi connectivity index (χ2v) is 4.99. The van der Waals surface area contributed by atoms with E-state index in [2.05, 4.69) is 4.98 Å². The van der Waals surface area contributed by atoms with Gasteiger partial charge in [-0.3, -0.25) is 4.79 Å². The van der Waals surface area contributed by atoms with E-state index in [4.69, 9.17) is 21.1 Å². The molecule has 1 aromatic heterocycles. The van der Waals surface area contributed by atoms with Gasteiger partial charge in [0.15, 0.2) is 0 Å². The minimum atomic E-state index is -0.540. The molecule has 104 valence electrons. The van der Waals surface area contributed by atoms with Crippen molar-refractivity contribution in [1.29, 1.82) is 0 Å². The molecule has 0 saturated heterocycles. The number of halogens is 1. The van der Waals surface area contributed by atoms with Gasteiger partial charge in [-0.25, -0.2) is 4.79 Å². The van der Waals surface area contributed by atoms with Crippen LogP contribution in [-0.4, -0.2) is 30.3 Å². The Bertz CT molecular complexity index is 514. The zero-order valence-electron chi connectivity index (χ0n) is 10.6. The maximum atomic E-state index is 12.0. The molecule has 0 aromatic carbocycles. The fourth-order valence-electron chi connectivity index (χ4n) is 2.30. The molecule has 0 radical (unpaired) electrons. The number of hydrogen-bond acceptors (Lipinski definition) is 4. The summed E-state index contributed by atoms with van der Waals surface area (Å²) in [4.78, 5) is 25.6. The van der Waals surface area contributed by atoms with Gasteiger partial charge in [-0.2, -0.15) is 0 Å². The zero-order valence-corrected chi connectivity index (χ0v) is 11.4. The molecule has 1 saturated carbocycles. The van der Waals surface area contributed by atoms with Crippen LogP contribution in [0.3, 0.4) is 0 Å². The van der Waals surface area contributed by atoms with Crippen molar-refractivity contribution in [1.82, 2.24) is 4.98 Å². The molecule has 1 aliphatic carbocycles. The van der Waals surface area contributed by atoms with Gasteiger partial charge in [-0.05, 0) is 25.3 Å². The maximum Gasteiger partial charge on any atom is 0.338 e. The first kappa shape index (κ1) is 14.1. The Labute approximate surface area is 115 Å². The van der Waals surface area contributed by atoms with E-state index in [1.54, 1.807) is 7.11 Å². The highest BCUT2D eigenvalue weighted by Gasteiger charge is 2.28. The first-order chi connectivity index (χ1) is 9.10. The van der Waals surface area contributed by atoms with Gasteiger partial charge in [-0.1, -0.05) is 18.0 Å². The summed E-state index contributed by atoms with van der Waals surface area (Å²) in [5.74, 6) is -0.540. The molecule has 5 nitrogen and oxygen atoms in total. The summed E-state index contributed by atoms with van der Waals surface area (Å²) < 4.78 is 10.7. The summed E-state index contributed by atoms with van der Waals surface area (Å²) in [6.07, 6.45) is 3.41. The monoisotopic (exact) mass is 285 g/mol. The average molecular weight is 286 g/mol. The molecule has 0 amide bonds. The van der Waals surface area contributed by atoms with Gasteiger partial charge in [0, 0.05) is 13.2 Å². The van der Waals surface area contributed by atoms with Crippen LogP contribution >= 0.6 is 11.6 Å². The molecule has 19 heavy (non-hydrogen) atoms. The van der Waals surface area contributed by atoms with E-state index < -0.39 is 11.5 Å². The largest absolute Gasteiger partial charge is 0.456 e. The normalized spacial score (nSPS) is 23.1. The SMILES string of the molecule is CO[C@H]1CCCC[C@@H]1OC(=O)c1cc(Cl)[nH]c(=O)c1. The second-order valence-electron chi connectivity index (χ2n) is 4.58. The number of methoxy groups -OCH3 is 1. The topological polar surface area (TPSA) is 68.4 Å². The molecule has 0 spiro atoms. The summed E-state index contributed by atoms with van der Waals surface area (Å²) in [7, 11) is 1.61. The van der Waals surface area contributed by atoms with Gasteiger partial charge >= 0.3 is 5.97 Å². The molecular formula is C13H16ClNO4. The second kappa shape index (κ2) is 6.21. The number of rotatable bonds is 3.